The van der Waals surface area contributed by atoms with Crippen LogP contribution in [0, 0.1) is 5.92 Å². The van der Waals surface area contributed by atoms with Crippen molar-refractivity contribution >= 4 is 11.8 Å². The number of carbonyl (C=O) groups excluding carboxylic acids is 1. The molecular weight excluding hydrogens is 328 g/mol. The Bertz CT molecular complexity index is 703. The van der Waals surface area contributed by atoms with Crippen molar-refractivity contribution < 1.29 is 4.79 Å². The van der Waals surface area contributed by atoms with E-state index in [2.05, 4.69) is 32.4 Å². The number of amides is 2. The predicted octanol–water partition coefficient (Wildman–Crippen LogP) is 2.09. The standard InChI is InChI=1S/C19H28N6O/c1-15-6-10-25(11-7-15)18-4-3-16(13-22-18)14-23-19(26)21-8-5-17-20-9-12-24(17)2/h3-4,9,12-13,15H,5-8,10-11,14H2,1-2H3,(H2,21,23,26). The van der Waals surface area contributed by atoms with Crippen molar-refractivity contribution in [2.75, 3.05) is 24.5 Å². The normalized spacial score (nSPS) is 15.1. The quantitative estimate of drug-likeness (QED) is 0.831. The van der Waals surface area contributed by atoms with Crippen LogP contribution in [0.25, 0.3) is 0 Å². The lowest BCUT2D eigenvalue weighted by molar-refractivity contribution is 0.240. The van der Waals surface area contributed by atoms with Gasteiger partial charge in [0.25, 0.3) is 0 Å². The number of nitrogens with one attached hydrogen (secondary N) is 2. The SMILES string of the molecule is CC1CCN(c2ccc(CNC(=O)NCCc3nccn3C)cn2)CC1. The van der Waals surface area contributed by atoms with Gasteiger partial charge in [0.15, 0.2) is 0 Å². The van der Waals surface area contributed by atoms with Crippen LogP contribution in [0.5, 0.6) is 0 Å². The number of hydrogen-bond acceptors (Lipinski definition) is 4. The van der Waals surface area contributed by atoms with E-state index in [1.54, 1.807) is 6.20 Å². The molecule has 0 unspecified atom stereocenters. The molecule has 0 bridgehead atoms. The molecule has 0 aliphatic carbocycles. The molecule has 2 aromatic rings. The summed E-state index contributed by atoms with van der Waals surface area (Å²) in [5.74, 6) is 2.79. The average Bonchev–Trinajstić information content (AvgIpc) is 3.06. The van der Waals surface area contributed by atoms with Gasteiger partial charge in [0, 0.05) is 58.2 Å². The minimum absolute atomic E-state index is 0.173. The van der Waals surface area contributed by atoms with Crippen molar-refractivity contribution in [1.82, 2.24) is 25.2 Å². The molecule has 2 N–H and O–H groups in total. The second-order valence-electron chi connectivity index (χ2n) is 7.01. The highest BCUT2D eigenvalue weighted by Gasteiger charge is 2.16. The molecule has 1 fully saturated rings. The van der Waals surface area contributed by atoms with E-state index in [1.807, 2.05) is 36.1 Å². The van der Waals surface area contributed by atoms with Crippen molar-refractivity contribution in [1.29, 1.82) is 0 Å². The maximum absolute atomic E-state index is 11.9. The average molecular weight is 356 g/mol. The number of carbonyl (C=O) groups is 1. The number of hydrogen-bond donors (Lipinski definition) is 2. The molecule has 0 atom stereocenters. The fraction of sp³-hybridized carbons (Fsp3) is 0.526. The van der Waals surface area contributed by atoms with E-state index in [1.165, 1.54) is 12.8 Å². The third-order valence-electron chi connectivity index (χ3n) is 4.92. The Morgan fingerprint density at radius 1 is 1.23 bits per heavy atom. The number of anilines is 1. The summed E-state index contributed by atoms with van der Waals surface area (Å²) in [4.78, 5) is 23.0. The summed E-state index contributed by atoms with van der Waals surface area (Å²) in [5.41, 5.74) is 0.998. The molecule has 0 radical (unpaired) electrons. The zero-order valence-electron chi connectivity index (χ0n) is 15.6. The van der Waals surface area contributed by atoms with Crippen LogP contribution in [0.4, 0.5) is 10.6 Å². The second kappa shape index (κ2) is 8.69. The van der Waals surface area contributed by atoms with E-state index < -0.39 is 0 Å². The number of piperidine rings is 1. The van der Waals surface area contributed by atoms with E-state index >= 15 is 0 Å². The molecule has 1 aliphatic heterocycles. The molecule has 7 nitrogen and oxygen atoms in total. The van der Waals surface area contributed by atoms with E-state index in [9.17, 15) is 4.79 Å². The van der Waals surface area contributed by atoms with Crippen LogP contribution in [-0.4, -0.2) is 40.2 Å². The van der Waals surface area contributed by atoms with Gasteiger partial charge in [-0.25, -0.2) is 14.8 Å². The minimum Gasteiger partial charge on any atom is -0.357 e. The molecule has 0 saturated carbocycles. The van der Waals surface area contributed by atoms with E-state index in [-0.39, 0.29) is 6.03 Å². The number of urea groups is 1. The molecule has 26 heavy (non-hydrogen) atoms. The number of nitrogens with zero attached hydrogens (tertiary/aromatic N) is 4. The summed E-state index contributed by atoms with van der Waals surface area (Å²) in [6, 6.07) is 3.91. The number of rotatable bonds is 6. The van der Waals surface area contributed by atoms with Gasteiger partial charge in [-0.1, -0.05) is 13.0 Å². The van der Waals surface area contributed by atoms with Crippen LogP contribution in [0.15, 0.2) is 30.7 Å². The molecular formula is C19H28N6O. The number of aromatic nitrogens is 3. The summed E-state index contributed by atoms with van der Waals surface area (Å²) in [6.07, 6.45) is 8.67. The zero-order chi connectivity index (χ0) is 18.4. The Hall–Kier alpha value is -2.57. The maximum atomic E-state index is 11.9. The molecule has 0 spiro atoms. The fourth-order valence-corrected chi connectivity index (χ4v) is 3.12. The second-order valence-corrected chi connectivity index (χ2v) is 7.01. The van der Waals surface area contributed by atoms with E-state index in [0.717, 1.165) is 36.2 Å². The number of pyridine rings is 1. The fourth-order valence-electron chi connectivity index (χ4n) is 3.12. The number of imidazole rings is 1. The van der Waals surface area contributed by atoms with Gasteiger partial charge >= 0.3 is 6.03 Å². The molecule has 140 valence electrons. The first-order valence-corrected chi connectivity index (χ1v) is 9.29. The molecule has 0 aromatic carbocycles. The van der Waals surface area contributed by atoms with Crippen molar-refractivity contribution in [3.63, 3.8) is 0 Å². The monoisotopic (exact) mass is 356 g/mol. The lowest BCUT2D eigenvalue weighted by Gasteiger charge is -2.31. The summed E-state index contributed by atoms with van der Waals surface area (Å²) in [7, 11) is 1.95. The molecule has 1 saturated heterocycles. The zero-order valence-corrected chi connectivity index (χ0v) is 15.6. The largest absolute Gasteiger partial charge is 0.357 e. The van der Waals surface area contributed by atoms with Crippen molar-refractivity contribution in [2.45, 2.75) is 32.7 Å². The van der Waals surface area contributed by atoms with Gasteiger partial charge in [-0.3, -0.25) is 0 Å². The summed E-state index contributed by atoms with van der Waals surface area (Å²) in [5, 5.41) is 5.72. The van der Waals surface area contributed by atoms with Crippen molar-refractivity contribution in [3.8, 4) is 0 Å². The highest BCUT2D eigenvalue weighted by atomic mass is 16.2. The summed E-state index contributed by atoms with van der Waals surface area (Å²) < 4.78 is 1.95. The number of aryl methyl sites for hydroxylation is 1. The van der Waals surface area contributed by atoms with Crippen LogP contribution in [0.1, 0.15) is 31.2 Å². The molecule has 7 heteroatoms. The van der Waals surface area contributed by atoms with Crippen LogP contribution in [0.3, 0.4) is 0 Å². The van der Waals surface area contributed by atoms with Gasteiger partial charge in [-0.2, -0.15) is 0 Å². The Morgan fingerprint density at radius 2 is 2.04 bits per heavy atom. The van der Waals surface area contributed by atoms with E-state index in [0.29, 0.717) is 19.5 Å². The van der Waals surface area contributed by atoms with Crippen molar-refractivity contribution in [3.05, 3.63) is 42.1 Å². The highest BCUT2D eigenvalue weighted by Crippen LogP contribution is 2.21. The molecule has 1 aliphatic rings. The first-order valence-electron chi connectivity index (χ1n) is 9.29. The Kier molecular flexibility index (Phi) is 6.09. The van der Waals surface area contributed by atoms with Crippen LogP contribution in [-0.2, 0) is 20.0 Å². The Balaban J connectivity index is 1.38. The van der Waals surface area contributed by atoms with Gasteiger partial charge in [-0.05, 0) is 30.4 Å². The first-order chi connectivity index (χ1) is 12.6. The Morgan fingerprint density at radius 3 is 2.69 bits per heavy atom. The highest BCUT2D eigenvalue weighted by molar-refractivity contribution is 5.73. The molecule has 3 heterocycles. The predicted molar refractivity (Wildman–Crippen MR) is 102 cm³/mol. The first kappa shape index (κ1) is 18.2. The third kappa shape index (κ3) is 4.97. The Labute approximate surface area is 154 Å². The van der Waals surface area contributed by atoms with Crippen LogP contribution in [0.2, 0.25) is 0 Å². The van der Waals surface area contributed by atoms with E-state index in [4.69, 9.17) is 0 Å². The van der Waals surface area contributed by atoms with Crippen molar-refractivity contribution in [2.24, 2.45) is 13.0 Å². The minimum atomic E-state index is -0.173. The molecule has 2 aromatic heterocycles. The van der Waals surface area contributed by atoms with Gasteiger partial charge in [0.2, 0.25) is 0 Å². The lowest BCUT2D eigenvalue weighted by atomic mass is 9.99. The van der Waals surface area contributed by atoms with Gasteiger partial charge in [0.05, 0.1) is 0 Å². The molecule has 2 amide bonds. The lowest BCUT2D eigenvalue weighted by Crippen LogP contribution is -2.36. The topological polar surface area (TPSA) is 75.1 Å². The third-order valence-corrected chi connectivity index (χ3v) is 4.92. The van der Waals surface area contributed by atoms with Gasteiger partial charge in [-0.15, -0.1) is 0 Å². The van der Waals surface area contributed by atoms with Crippen LogP contribution < -0.4 is 15.5 Å². The van der Waals surface area contributed by atoms with Gasteiger partial charge < -0.3 is 20.1 Å². The molecule has 3 rings (SSSR count). The summed E-state index contributed by atoms with van der Waals surface area (Å²) in [6.45, 7) is 5.48. The summed E-state index contributed by atoms with van der Waals surface area (Å²) >= 11 is 0. The van der Waals surface area contributed by atoms with Gasteiger partial charge in [0.1, 0.15) is 11.6 Å². The maximum Gasteiger partial charge on any atom is 0.315 e. The smallest absolute Gasteiger partial charge is 0.315 e. The van der Waals surface area contributed by atoms with Crippen LogP contribution >= 0.6 is 0 Å².